The van der Waals surface area contributed by atoms with Crippen molar-refractivity contribution in [3.8, 4) is 0 Å². The van der Waals surface area contributed by atoms with Crippen LogP contribution in [0.2, 0.25) is 0 Å². The van der Waals surface area contributed by atoms with E-state index in [1.54, 1.807) is 18.7 Å². The number of amides is 1. The van der Waals surface area contributed by atoms with Gasteiger partial charge in [0.05, 0.1) is 5.60 Å². The van der Waals surface area contributed by atoms with Crippen molar-refractivity contribution in [3.63, 3.8) is 0 Å². The third kappa shape index (κ3) is 4.31. The Kier molecular flexibility index (Phi) is 4.78. The summed E-state index contributed by atoms with van der Waals surface area (Å²) in [6.07, 6.45) is -3.99. The molecule has 1 fully saturated rings. The second-order valence-electron chi connectivity index (χ2n) is 5.30. The summed E-state index contributed by atoms with van der Waals surface area (Å²) < 4.78 is 49.9. The van der Waals surface area contributed by atoms with Gasteiger partial charge >= 0.3 is 12.3 Å². The first-order chi connectivity index (χ1) is 8.54. The summed E-state index contributed by atoms with van der Waals surface area (Å²) in [7, 11) is 0. The molecule has 19 heavy (non-hydrogen) atoms. The number of halogens is 4. The minimum Gasteiger partial charge on any atom is -0.389 e. The highest BCUT2D eigenvalue weighted by Gasteiger charge is 2.51. The first-order valence-electron chi connectivity index (χ1n) is 5.94. The average molecular weight is 286 g/mol. The van der Waals surface area contributed by atoms with Crippen LogP contribution in [-0.2, 0) is 4.79 Å². The van der Waals surface area contributed by atoms with E-state index < -0.39 is 23.9 Å². The molecule has 0 unspecified atom stereocenters. The molecule has 1 amide bonds. The fourth-order valence-corrected chi connectivity index (χ4v) is 1.96. The van der Waals surface area contributed by atoms with Crippen molar-refractivity contribution in [2.75, 3.05) is 32.7 Å². The maximum atomic E-state index is 12.9. The molecule has 1 N–H and O–H groups in total. The van der Waals surface area contributed by atoms with Crippen LogP contribution in [0.4, 0.5) is 17.6 Å². The predicted octanol–water partition coefficient (Wildman–Crippen LogP) is 0.802. The number of carbonyl (C=O) groups is 1. The lowest BCUT2D eigenvalue weighted by Crippen LogP contribution is -2.56. The summed E-state index contributed by atoms with van der Waals surface area (Å²) in [5.74, 6) is -6.45. The number of aliphatic hydroxyl groups is 1. The fourth-order valence-electron chi connectivity index (χ4n) is 1.96. The molecule has 1 aliphatic heterocycles. The third-order valence-corrected chi connectivity index (χ3v) is 2.83. The van der Waals surface area contributed by atoms with Gasteiger partial charge in [0, 0.05) is 32.7 Å². The normalized spacial score (nSPS) is 19.1. The molecule has 0 aromatic heterocycles. The molecular weight excluding hydrogens is 268 g/mol. The molecule has 0 aromatic carbocycles. The number of nitrogens with zero attached hydrogens (tertiary/aromatic N) is 2. The van der Waals surface area contributed by atoms with Gasteiger partial charge in [0.15, 0.2) is 0 Å². The quantitative estimate of drug-likeness (QED) is 0.778. The molecule has 8 heteroatoms. The second-order valence-corrected chi connectivity index (χ2v) is 5.30. The van der Waals surface area contributed by atoms with Crippen LogP contribution in [0.15, 0.2) is 0 Å². The van der Waals surface area contributed by atoms with Gasteiger partial charge in [-0.15, -0.1) is 0 Å². The van der Waals surface area contributed by atoms with Crippen LogP contribution in [0, 0.1) is 0 Å². The predicted molar refractivity (Wildman–Crippen MR) is 60.3 cm³/mol. The summed E-state index contributed by atoms with van der Waals surface area (Å²) in [6, 6.07) is 0. The van der Waals surface area contributed by atoms with Crippen molar-refractivity contribution >= 4 is 5.91 Å². The van der Waals surface area contributed by atoms with Gasteiger partial charge in [-0.1, -0.05) is 0 Å². The Morgan fingerprint density at radius 3 is 2.05 bits per heavy atom. The smallest absolute Gasteiger partial charge is 0.383 e. The van der Waals surface area contributed by atoms with E-state index in [0.29, 0.717) is 6.54 Å². The van der Waals surface area contributed by atoms with Crippen molar-refractivity contribution in [2.45, 2.75) is 31.8 Å². The van der Waals surface area contributed by atoms with Gasteiger partial charge in [-0.2, -0.15) is 8.78 Å². The second kappa shape index (κ2) is 5.62. The highest BCUT2D eigenvalue weighted by molar-refractivity contribution is 5.84. The summed E-state index contributed by atoms with van der Waals surface area (Å²) in [5.41, 5.74) is -0.931. The number of alkyl halides is 4. The number of β-amino-alcohol motifs (C(OH)–C–C–N with tert-alkyl or cyclic N) is 1. The van der Waals surface area contributed by atoms with E-state index in [1.165, 1.54) is 0 Å². The highest BCUT2D eigenvalue weighted by Crippen LogP contribution is 2.26. The summed E-state index contributed by atoms with van der Waals surface area (Å²) >= 11 is 0. The maximum absolute atomic E-state index is 12.9. The van der Waals surface area contributed by atoms with Gasteiger partial charge < -0.3 is 10.0 Å². The van der Waals surface area contributed by atoms with E-state index in [4.69, 9.17) is 0 Å². The van der Waals surface area contributed by atoms with E-state index >= 15 is 0 Å². The lowest BCUT2D eigenvalue weighted by molar-refractivity contribution is -0.182. The van der Waals surface area contributed by atoms with Gasteiger partial charge in [0.1, 0.15) is 0 Å². The number of carbonyl (C=O) groups excluding carboxylic acids is 1. The Hall–Kier alpha value is -0.890. The number of hydrogen-bond acceptors (Lipinski definition) is 3. The van der Waals surface area contributed by atoms with E-state index in [1.807, 2.05) is 0 Å². The van der Waals surface area contributed by atoms with Gasteiger partial charge in [-0.25, -0.2) is 8.78 Å². The third-order valence-electron chi connectivity index (χ3n) is 2.83. The zero-order valence-electron chi connectivity index (χ0n) is 10.9. The average Bonchev–Trinajstić information content (AvgIpc) is 2.26. The summed E-state index contributed by atoms with van der Waals surface area (Å²) in [6.45, 7) is 4.00. The van der Waals surface area contributed by atoms with Crippen molar-refractivity contribution in [1.29, 1.82) is 0 Å². The van der Waals surface area contributed by atoms with Crippen LogP contribution < -0.4 is 0 Å². The highest BCUT2D eigenvalue weighted by atomic mass is 19.3. The lowest BCUT2D eigenvalue weighted by Gasteiger charge is -2.38. The van der Waals surface area contributed by atoms with Gasteiger partial charge in [-0.05, 0) is 13.8 Å². The van der Waals surface area contributed by atoms with Crippen molar-refractivity contribution in [3.05, 3.63) is 0 Å². The Labute approximate surface area is 109 Å². The van der Waals surface area contributed by atoms with E-state index in [-0.39, 0.29) is 26.2 Å². The van der Waals surface area contributed by atoms with Crippen LogP contribution in [0.1, 0.15) is 13.8 Å². The fraction of sp³-hybridized carbons (Fsp3) is 0.909. The molecule has 0 aliphatic carbocycles. The Morgan fingerprint density at radius 1 is 1.21 bits per heavy atom. The first kappa shape index (κ1) is 16.2. The minimum atomic E-state index is -4.63. The summed E-state index contributed by atoms with van der Waals surface area (Å²) in [5, 5.41) is 9.61. The van der Waals surface area contributed by atoms with E-state index in [0.717, 1.165) is 4.90 Å². The van der Waals surface area contributed by atoms with Crippen LogP contribution in [0.3, 0.4) is 0 Å². The van der Waals surface area contributed by atoms with Crippen LogP contribution in [0.25, 0.3) is 0 Å². The maximum Gasteiger partial charge on any atom is 0.383 e. The number of rotatable bonds is 4. The number of piperazine rings is 1. The molecule has 112 valence electrons. The molecule has 0 bridgehead atoms. The molecule has 1 rings (SSSR count). The molecular formula is C11H18F4N2O2. The standard InChI is InChI=1S/C11H18F4N2O2/c1-10(2,19)7-16-3-5-17(6-4-16)9(18)11(14,15)8(12)13/h8,19H,3-7H2,1-2H3. The molecule has 1 saturated heterocycles. The van der Waals surface area contributed by atoms with E-state index in [9.17, 15) is 27.5 Å². The summed E-state index contributed by atoms with van der Waals surface area (Å²) in [4.78, 5) is 13.8. The SMILES string of the molecule is CC(C)(O)CN1CCN(C(=O)C(F)(F)C(F)F)CC1. The molecule has 0 spiro atoms. The molecule has 4 nitrogen and oxygen atoms in total. The van der Waals surface area contributed by atoms with Crippen molar-refractivity contribution in [1.82, 2.24) is 9.80 Å². The van der Waals surface area contributed by atoms with Gasteiger partial charge in [0.25, 0.3) is 5.91 Å². The zero-order valence-corrected chi connectivity index (χ0v) is 10.9. The molecule has 1 aliphatic rings. The van der Waals surface area contributed by atoms with Crippen LogP contribution in [0.5, 0.6) is 0 Å². The molecule has 0 radical (unpaired) electrons. The lowest BCUT2D eigenvalue weighted by atomic mass is 10.1. The first-order valence-corrected chi connectivity index (χ1v) is 5.94. The molecule has 0 atom stereocenters. The van der Waals surface area contributed by atoms with E-state index in [2.05, 4.69) is 0 Å². The Morgan fingerprint density at radius 2 is 1.68 bits per heavy atom. The van der Waals surface area contributed by atoms with Crippen molar-refractivity contribution in [2.24, 2.45) is 0 Å². The van der Waals surface area contributed by atoms with Gasteiger partial charge in [0.2, 0.25) is 0 Å². The van der Waals surface area contributed by atoms with Gasteiger partial charge in [-0.3, -0.25) is 9.69 Å². The topological polar surface area (TPSA) is 43.8 Å². The van der Waals surface area contributed by atoms with Crippen LogP contribution in [-0.4, -0.2) is 71.5 Å². The Bertz CT molecular complexity index is 323. The molecule has 1 heterocycles. The number of hydrogen-bond donors (Lipinski definition) is 1. The largest absolute Gasteiger partial charge is 0.389 e. The Balaban J connectivity index is 2.53. The van der Waals surface area contributed by atoms with Crippen molar-refractivity contribution < 1.29 is 27.5 Å². The molecule has 0 saturated carbocycles. The van der Waals surface area contributed by atoms with Crippen LogP contribution >= 0.6 is 0 Å². The molecule has 0 aromatic rings. The monoisotopic (exact) mass is 286 g/mol. The zero-order chi connectivity index (χ0) is 14.8. The minimum absolute atomic E-state index is 0.0444.